The molecule has 0 aliphatic carbocycles. The fourth-order valence-corrected chi connectivity index (χ4v) is 0.691. The van der Waals surface area contributed by atoms with E-state index in [9.17, 15) is 0 Å². The van der Waals surface area contributed by atoms with Crippen LogP contribution in [0.25, 0.3) is 0 Å². The zero-order chi connectivity index (χ0) is 7.98. The molecule has 0 saturated heterocycles. The molecule has 0 bridgehead atoms. The number of rotatable bonds is 0. The maximum Gasteiger partial charge on any atom is 0.129 e. The quantitative estimate of drug-likeness (QED) is 0.584. The molecule has 1 heterocycles. The zero-order valence-electron chi connectivity index (χ0n) is 6.51. The number of aromatic amines is 1. The molecule has 0 unspecified atom stereocenters. The minimum atomic E-state index is 0.640. The standard InChI is InChI=1S/C5H6N2S.C2H6/c1-4-2-5(8)7-3-6-4;1-2/h2-3H,1H3,(H,6,7,8);1-2H3. The predicted molar refractivity (Wildman–Crippen MR) is 45.5 cm³/mol. The van der Waals surface area contributed by atoms with E-state index in [0.29, 0.717) is 4.64 Å². The first-order valence-corrected chi connectivity index (χ1v) is 3.71. The normalized spacial score (nSPS) is 7.90. The molecule has 1 rings (SSSR count). The number of aromatic nitrogens is 2. The Kier molecular flexibility index (Phi) is 4.76. The van der Waals surface area contributed by atoms with Crippen LogP contribution in [0, 0.1) is 11.6 Å². The van der Waals surface area contributed by atoms with E-state index in [2.05, 4.69) is 9.97 Å². The summed E-state index contributed by atoms with van der Waals surface area (Å²) in [6, 6.07) is 1.81. The molecule has 0 radical (unpaired) electrons. The monoisotopic (exact) mass is 156 g/mol. The highest BCUT2D eigenvalue weighted by atomic mass is 32.1. The molecule has 0 aromatic carbocycles. The summed E-state index contributed by atoms with van der Waals surface area (Å²) < 4.78 is 0.640. The number of H-pyrrole nitrogens is 1. The van der Waals surface area contributed by atoms with Crippen molar-refractivity contribution in [2.45, 2.75) is 20.8 Å². The second-order valence-corrected chi connectivity index (χ2v) is 1.99. The van der Waals surface area contributed by atoms with Crippen LogP contribution in [-0.2, 0) is 0 Å². The Morgan fingerprint density at radius 3 is 2.40 bits per heavy atom. The maximum absolute atomic E-state index is 4.77. The number of aryl methyl sites for hydroxylation is 1. The third-order valence-electron chi connectivity index (χ3n) is 0.824. The lowest BCUT2D eigenvalue weighted by Crippen LogP contribution is -1.80. The van der Waals surface area contributed by atoms with Crippen LogP contribution < -0.4 is 0 Å². The third kappa shape index (κ3) is 3.35. The summed E-state index contributed by atoms with van der Waals surface area (Å²) in [5.41, 5.74) is 1.05. The van der Waals surface area contributed by atoms with Crippen LogP contribution in [0.5, 0.6) is 0 Å². The molecule has 1 aromatic heterocycles. The largest absolute Gasteiger partial charge is 0.350 e. The van der Waals surface area contributed by atoms with Gasteiger partial charge in [0.05, 0.1) is 6.33 Å². The summed E-state index contributed by atoms with van der Waals surface area (Å²) in [6.45, 7) is 5.94. The van der Waals surface area contributed by atoms with Crippen molar-refractivity contribution >= 4 is 12.2 Å². The van der Waals surface area contributed by atoms with Crippen LogP contribution in [-0.4, -0.2) is 9.97 Å². The maximum atomic E-state index is 4.77. The molecule has 0 amide bonds. The highest BCUT2D eigenvalue weighted by Crippen LogP contribution is 1.87. The minimum absolute atomic E-state index is 0.640. The topological polar surface area (TPSA) is 28.7 Å². The van der Waals surface area contributed by atoms with E-state index >= 15 is 0 Å². The number of nitrogens with one attached hydrogen (secondary N) is 1. The van der Waals surface area contributed by atoms with Gasteiger partial charge in [0.2, 0.25) is 0 Å². The molecule has 0 fully saturated rings. The molecule has 0 aliphatic rings. The Labute approximate surface area is 66.3 Å². The molecule has 2 nitrogen and oxygen atoms in total. The number of hydrogen-bond acceptors (Lipinski definition) is 2. The zero-order valence-corrected chi connectivity index (χ0v) is 7.33. The molecule has 10 heavy (non-hydrogen) atoms. The molecule has 0 atom stereocenters. The van der Waals surface area contributed by atoms with Crippen molar-refractivity contribution < 1.29 is 0 Å². The molecule has 56 valence electrons. The molecule has 0 aliphatic heterocycles. The van der Waals surface area contributed by atoms with E-state index in [1.165, 1.54) is 0 Å². The Bertz CT molecular complexity index is 229. The molecule has 3 heteroatoms. The van der Waals surface area contributed by atoms with Crippen molar-refractivity contribution in [1.29, 1.82) is 0 Å². The lowest BCUT2D eigenvalue weighted by Gasteiger charge is -1.86. The van der Waals surface area contributed by atoms with Crippen molar-refractivity contribution in [2.24, 2.45) is 0 Å². The van der Waals surface area contributed by atoms with Gasteiger partial charge in [0.15, 0.2) is 0 Å². The summed E-state index contributed by atoms with van der Waals surface area (Å²) in [7, 11) is 0. The third-order valence-corrected chi connectivity index (χ3v) is 1.05. The van der Waals surface area contributed by atoms with Crippen molar-refractivity contribution in [2.75, 3.05) is 0 Å². The summed E-state index contributed by atoms with van der Waals surface area (Å²) in [6.07, 6.45) is 1.59. The predicted octanol–water partition coefficient (Wildman–Crippen LogP) is 2.47. The van der Waals surface area contributed by atoms with Gasteiger partial charge in [-0.05, 0) is 13.0 Å². The van der Waals surface area contributed by atoms with Crippen molar-refractivity contribution in [1.82, 2.24) is 9.97 Å². The van der Waals surface area contributed by atoms with Gasteiger partial charge in [-0.25, -0.2) is 4.98 Å². The van der Waals surface area contributed by atoms with Crippen LogP contribution >= 0.6 is 12.2 Å². The van der Waals surface area contributed by atoms with Gasteiger partial charge < -0.3 is 4.98 Å². The molecule has 1 aromatic rings. The van der Waals surface area contributed by atoms with Gasteiger partial charge in [-0.3, -0.25) is 0 Å². The van der Waals surface area contributed by atoms with Gasteiger partial charge >= 0.3 is 0 Å². The summed E-state index contributed by atoms with van der Waals surface area (Å²) in [4.78, 5) is 6.69. The lowest BCUT2D eigenvalue weighted by molar-refractivity contribution is 1.09. The molecule has 0 spiro atoms. The van der Waals surface area contributed by atoms with Gasteiger partial charge in [0, 0.05) is 5.69 Å². The van der Waals surface area contributed by atoms with E-state index in [0.717, 1.165) is 5.69 Å². The number of nitrogens with zero attached hydrogens (tertiary/aromatic N) is 1. The Hall–Kier alpha value is -0.700. The van der Waals surface area contributed by atoms with E-state index in [1.54, 1.807) is 6.33 Å². The second-order valence-electron chi connectivity index (χ2n) is 1.57. The van der Waals surface area contributed by atoms with E-state index in [-0.39, 0.29) is 0 Å². The van der Waals surface area contributed by atoms with Crippen molar-refractivity contribution in [3.63, 3.8) is 0 Å². The van der Waals surface area contributed by atoms with Crippen LogP contribution in [0.4, 0.5) is 0 Å². The SMILES string of the molecule is CC.Cc1cc(=S)nc[nH]1. The van der Waals surface area contributed by atoms with Gasteiger partial charge in [0.1, 0.15) is 4.64 Å². The van der Waals surface area contributed by atoms with Gasteiger partial charge in [0.25, 0.3) is 0 Å². The van der Waals surface area contributed by atoms with Crippen molar-refractivity contribution in [3.8, 4) is 0 Å². The summed E-state index contributed by atoms with van der Waals surface area (Å²) >= 11 is 4.77. The summed E-state index contributed by atoms with van der Waals surface area (Å²) in [5, 5.41) is 0. The smallest absolute Gasteiger partial charge is 0.129 e. The van der Waals surface area contributed by atoms with Crippen LogP contribution in [0.3, 0.4) is 0 Å². The fourth-order valence-electron chi connectivity index (χ4n) is 0.462. The second kappa shape index (κ2) is 5.11. The van der Waals surface area contributed by atoms with Crippen LogP contribution in [0.15, 0.2) is 12.4 Å². The molecular formula is C7H12N2S. The fraction of sp³-hybridized carbons (Fsp3) is 0.429. The van der Waals surface area contributed by atoms with Crippen LogP contribution in [0.2, 0.25) is 0 Å². The first kappa shape index (κ1) is 9.30. The number of hydrogen-bond donors (Lipinski definition) is 1. The first-order valence-electron chi connectivity index (χ1n) is 3.30. The average molecular weight is 156 g/mol. The van der Waals surface area contributed by atoms with E-state index in [4.69, 9.17) is 12.2 Å². The highest BCUT2D eigenvalue weighted by molar-refractivity contribution is 7.71. The van der Waals surface area contributed by atoms with Gasteiger partial charge in [-0.2, -0.15) is 0 Å². The van der Waals surface area contributed by atoms with Gasteiger partial charge in [-0.15, -0.1) is 0 Å². The Morgan fingerprint density at radius 2 is 2.10 bits per heavy atom. The van der Waals surface area contributed by atoms with Crippen molar-refractivity contribution in [3.05, 3.63) is 22.7 Å². The van der Waals surface area contributed by atoms with E-state index < -0.39 is 0 Å². The summed E-state index contributed by atoms with van der Waals surface area (Å²) in [5.74, 6) is 0. The first-order chi connectivity index (χ1) is 4.79. The highest BCUT2D eigenvalue weighted by Gasteiger charge is 1.78. The van der Waals surface area contributed by atoms with Crippen LogP contribution in [0.1, 0.15) is 19.5 Å². The molecular weight excluding hydrogens is 144 g/mol. The Morgan fingerprint density at radius 1 is 1.50 bits per heavy atom. The average Bonchev–Trinajstić information content (AvgIpc) is 1.91. The lowest BCUT2D eigenvalue weighted by atomic mass is 10.5. The minimum Gasteiger partial charge on any atom is -0.350 e. The molecule has 0 saturated carbocycles. The van der Waals surface area contributed by atoms with Gasteiger partial charge in [-0.1, -0.05) is 26.1 Å². The molecule has 1 N–H and O–H groups in total. The Balaban J connectivity index is 0.000000371. The van der Waals surface area contributed by atoms with E-state index in [1.807, 2.05) is 26.8 Å².